The number of halogens is 8. The topological polar surface area (TPSA) is 164 Å². The average Bonchev–Trinajstić information content (AvgIpc) is 3.66. The monoisotopic (exact) mass is 1200 g/mol. The van der Waals surface area contributed by atoms with E-state index in [0.29, 0.717) is 29.3 Å². The number of carbonyl (C=O) groups excluding carboxylic acids is 3. The van der Waals surface area contributed by atoms with Gasteiger partial charge in [-0.15, -0.1) is 5.11 Å². The standard InChI is InChI=1S/C20H26N3O2.C19H24N4O2.C10H14N3.C9H11NO2.2BF4/c1-5-23(6-2)17-12-10-16(11-13-17)15-21-19(20(24)25-4)18-9-7-8-14-22(18)3;1-5-23(6-2)16-12-10-15(11-13-16)20-21-18(19(24)25-4)17-9-7-8-14-22(17)3;1-3-13(4-2)10-7-5-9(12-11)6-8-10;1-10-6-4-3-5-8(10)7-9(11)12-2;2*2-1(3,4)5/h7-14H,5-6,15H2,1-4H3;7-14H,5-6H2,1-4H3;5-8H,3-4H2,1-2H3;3-7H,1-2H3;;/q+1;;+1;;2*-1/b;18-17-,21-20?;;8-7+;;. The van der Waals surface area contributed by atoms with E-state index in [1.54, 1.807) is 23.1 Å². The van der Waals surface area contributed by atoms with Crippen molar-refractivity contribution in [3.05, 3.63) is 185 Å². The number of hydrogen-bond acceptors (Lipinski definition) is 15. The number of pyridine rings is 1. The number of nitrogens with zero attached hydrogens (tertiary/aromatic N) is 11. The highest BCUT2D eigenvalue weighted by Gasteiger charge is 2.23. The number of likely N-dealkylation sites (N-methyl/N-ethyl adjacent to an activating group) is 2. The molecule has 2 aliphatic heterocycles. The summed E-state index contributed by atoms with van der Waals surface area (Å²) in [6, 6.07) is 29.2. The molecule has 0 N–H and O–H groups in total. The Labute approximate surface area is 493 Å². The molecule has 4 aromatic rings. The Balaban J connectivity index is 0.000000557. The smallest absolute Gasteiger partial charge is 0.466 e. The van der Waals surface area contributed by atoms with E-state index in [-0.39, 0.29) is 11.7 Å². The van der Waals surface area contributed by atoms with Gasteiger partial charge in [-0.25, -0.2) is 14.4 Å². The van der Waals surface area contributed by atoms with Crippen LogP contribution in [0.4, 0.5) is 63.0 Å². The second-order valence-corrected chi connectivity index (χ2v) is 17.3. The second kappa shape index (κ2) is 39.4. The van der Waals surface area contributed by atoms with Gasteiger partial charge < -0.3 is 73.2 Å². The summed E-state index contributed by atoms with van der Waals surface area (Å²) in [5.41, 5.74) is 8.50. The molecule has 0 fully saturated rings. The molecule has 3 aromatic carbocycles. The van der Waals surface area contributed by atoms with E-state index in [2.05, 4.69) is 105 Å². The molecule has 3 heterocycles. The molecule has 2 aliphatic rings. The minimum atomic E-state index is -6.00. The third kappa shape index (κ3) is 29.6. The molecule has 17 nitrogen and oxygen atoms in total. The van der Waals surface area contributed by atoms with Crippen molar-refractivity contribution in [2.24, 2.45) is 22.3 Å². The summed E-state index contributed by atoms with van der Waals surface area (Å²) >= 11 is 0. The number of allylic oxidation sites excluding steroid dienone is 6. The van der Waals surface area contributed by atoms with Crippen molar-refractivity contribution in [3.63, 3.8) is 0 Å². The lowest BCUT2D eigenvalue weighted by atomic mass is 10.2. The largest absolute Gasteiger partial charge is 0.673 e. The predicted octanol–water partition coefficient (Wildman–Crippen LogP) is 13.2. The van der Waals surface area contributed by atoms with Gasteiger partial charge in [0.15, 0.2) is 16.9 Å². The first-order valence-corrected chi connectivity index (χ1v) is 26.7. The van der Waals surface area contributed by atoms with E-state index < -0.39 is 26.4 Å². The average molecular weight is 1200 g/mol. The molecule has 1 aromatic heterocycles. The van der Waals surface area contributed by atoms with Gasteiger partial charge in [-0.05, 0) is 126 Å². The van der Waals surface area contributed by atoms with Crippen molar-refractivity contribution in [1.82, 2.24) is 9.80 Å². The summed E-state index contributed by atoms with van der Waals surface area (Å²) < 4.78 is 94.1. The molecule has 0 spiro atoms. The predicted molar refractivity (Wildman–Crippen MR) is 321 cm³/mol. The zero-order valence-corrected chi connectivity index (χ0v) is 49.9. The van der Waals surface area contributed by atoms with Crippen molar-refractivity contribution in [3.8, 4) is 0 Å². The minimum Gasteiger partial charge on any atom is -0.466 e. The first kappa shape index (κ1) is 73.9. The Morgan fingerprint density at radius 2 is 1.06 bits per heavy atom. The number of azo groups is 1. The van der Waals surface area contributed by atoms with Crippen LogP contribution in [0.25, 0.3) is 4.98 Å². The highest BCUT2D eigenvalue weighted by atomic mass is 19.5. The number of benzene rings is 3. The summed E-state index contributed by atoms with van der Waals surface area (Å²) in [5, 5.41) is 16.8. The van der Waals surface area contributed by atoms with Crippen LogP contribution in [0, 0.1) is 5.39 Å². The van der Waals surface area contributed by atoms with Gasteiger partial charge in [0.25, 0.3) is 0 Å². The summed E-state index contributed by atoms with van der Waals surface area (Å²) in [6.45, 7) is 19.0. The molecule has 85 heavy (non-hydrogen) atoms. The SMILES string of the molecule is CCN(CC)c1ccc(CN=C(C(=O)OC)c2cccc[n+]2C)cc1.CCN(CC)c1ccc(N=N/C(C(=O)OC)=C2/C=CC=CN2C)cc1.CCN(CC)c1ccc([N+]#N)cc1.COC(=O)/C=C1\C=CC=CN1C.F[B-](F)(F)F.F[B-](F)(F)F. The maximum Gasteiger partial charge on any atom is 0.673 e. The third-order valence-corrected chi connectivity index (χ3v) is 11.7. The molecule has 0 aliphatic carbocycles. The number of hydrogen-bond donors (Lipinski definition) is 0. The Morgan fingerprint density at radius 3 is 1.47 bits per heavy atom. The fourth-order valence-corrected chi connectivity index (χ4v) is 7.36. The fraction of sp³-hybridized carbons (Fsp3) is 0.328. The van der Waals surface area contributed by atoms with Gasteiger partial charge in [0.2, 0.25) is 16.8 Å². The fourth-order valence-electron chi connectivity index (χ4n) is 7.36. The molecule has 0 radical (unpaired) electrons. The third-order valence-electron chi connectivity index (χ3n) is 11.7. The van der Waals surface area contributed by atoms with E-state index in [4.69, 9.17) is 14.9 Å². The van der Waals surface area contributed by atoms with Crippen LogP contribution in [-0.2, 0) is 42.2 Å². The first-order valence-electron chi connectivity index (χ1n) is 26.7. The van der Waals surface area contributed by atoms with Gasteiger partial charge >= 0.3 is 38.1 Å². The molecular formula is C58H75B2F8N11O6. The summed E-state index contributed by atoms with van der Waals surface area (Å²) in [6.07, 6.45) is 18.2. The zero-order valence-electron chi connectivity index (χ0n) is 49.9. The molecule has 0 bridgehead atoms. The Kier molecular flexibility index (Phi) is 34.3. The first-order chi connectivity index (χ1) is 40.2. The zero-order chi connectivity index (χ0) is 64.1. The molecule has 0 unspecified atom stereocenters. The lowest BCUT2D eigenvalue weighted by Gasteiger charge is -2.21. The molecule has 0 atom stereocenters. The number of anilines is 3. The maximum absolute atomic E-state index is 12.1. The van der Waals surface area contributed by atoms with Crippen LogP contribution >= 0.6 is 0 Å². The van der Waals surface area contributed by atoms with Gasteiger partial charge in [-0.1, -0.05) is 24.3 Å². The molecule has 27 heteroatoms. The number of esters is 3. The van der Waals surface area contributed by atoms with Crippen LogP contribution in [0.15, 0.2) is 184 Å². The van der Waals surface area contributed by atoms with Crippen LogP contribution < -0.4 is 19.3 Å². The molecule has 0 saturated heterocycles. The van der Waals surface area contributed by atoms with Crippen LogP contribution in [0.5, 0.6) is 0 Å². The van der Waals surface area contributed by atoms with Crippen molar-refractivity contribution < 1.29 is 67.7 Å². The summed E-state index contributed by atoms with van der Waals surface area (Å²) in [7, 11) is -2.34. The van der Waals surface area contributed by atoms with Gasteiger partial charge in [0, 0.05) is 119 Å². The number of diazo groups is 1. The number of rotatable bonds is 17. The molecule has 6 rings (SSSR count). The molecule has 460 valence electrons. The minimum absolute atomic E-state index is 0.165. The number of aryl methyl sites for hydroxylation is 1. The number of carbonyl (C=O) groups is 3. The highest BCUT2D eigenvalue weighted by molar-refractivity contribution is 6.50. The molecule has 0 saturated carbocycles. The number of aliphatic imine (C=N–C) groups is 1. The normalized spacial score (nSPS) is 13.4. The van der Waals surface area contributed by atoms with Crippen LogP contribution in [-0.4, -0.2) is 123 Å². The molecule has 0 amide bonds. The van der Waals surface area contributed by atoms with E-state index in [9.17, 15) is 48.9 Å². The quantitative estimate of drug-likeness (QED) is 0.0113. The summed E-state index contributed by atoms with van der Waals surface area (Å²) in [5.74, 6) is -1.29. The Bertz CT molecular complexity index is 2950. The van der Waals surface area contributed by atoms with Crippen LogP contribution in [0.1, 0.15) is 52.8 Å². The number of ether oxygens (including phenoxy) is 3. The van der Waals surface area contributed by atoms with Crippen molar-refractivity contribution in [2.45, 2.75) is 48.1 Å². The van der Waals surface area contributed by atoms with Crippen molar-refractivity contribution >= 4 is 66.6 Å². The van der Waals surface area contributed by atoms with Gasteiger partial charge in [-0.2, -0.15) is 9.68 Å². The lowest BCUT2D eigenvalue weighted by molar-refractivity contribution is -0.672. The van der Waals surface area contributed by atoms with Crippen LogP contribution in [0.3, 0.4) is 0 Å². The highest BCUT2D eigenvalue weighted by Crippen LogP contribution is 2.24. The molecular weight excluding hydrogens is 1120 g/mol. The van der Waals surface area contributed by atoms with Gasteiger partial charge in [0.05, 0.1) is 39.3 Å². The van der Waals surface area contributed by atoms with Crippen molar-refractivity contribution in [2.75, 3.05) is 89.4 Å². The van der Waals surface area contributed by atoms with Crippen molar-refractivity contribution in [1.29, 1.82) is 5.39 Å². The van der Waals surface area contributed by atoms with Gasteiger partial charge in [-0.3, -0.25) is 4.99 Å². The number of methoxy groups -OCH3 is 3. The second-order valence-electron chi connectivity index (χ2n) is 17.3. The Hall–Kier alpha value is -9.08. The lowest BCUT2D eigenvalue weighted by Crippen LogP contribution is -2.38. The maximum atomic E-state index is 12.1. The van der Waals surface area contributed by atoms with E-state index in [1.165, 1.54) is 33.1 Å². The number of aromatic nitrogens is 1. The van der Waals surface area contributed by atoms with E-state index in [1.807, 2.05) is 134 Å². The van der Waals surface area contributed by atoms with E-state index >= 15 is 0 Å². The van der Waals surface area contributed by atoms with E-state index in [0.717, 1.165) is 67.6 Å². The Morgan fingerprint density at radius 1 is 0.612 bits per heavy atom. The van der Waals surface area contributed by atoms with Crippen LogP contribution in [0.2, 0.25) is 0 Å². The summed E-state index contributed by atoms with van der Waals surface area (Å²) in [4.78, 5) is 53.1. The van der Waals surface area contributed by atoms with Gasteiger partial charge in [0.1, 0.15) is 7.05 Å².